The van der Waals surface area contributed by atoms with Crippen molar-refractivity contribution in [3.63, 3.8) is 0 Å². The highest BCUT2D eigenvalue weighted by Crippen LogP contribution is 2.53. The van der Waals surface area contributed by atoms with Gasteiger partial charge in [-0.2, -0.15) is 0 Å². The Bertz CT molecular complexity index is 689. The minimum absolute atomic E-state index is 0.104. The molecule has 3 aliphatic carbocycles. The summed E-state index contributed by atoms with van der Waals surface area (Å²) in [5.41, 5.74) is 0.845. The zero-order chi connectivity index (χ0) is 22.4. The highest BCUT2D eigenvalue weighted by molar-refractivity contribution is 9.09. The molecule has 0 spiro atoms. The normalized spacial score (nSPS) is 36.0. The average molecular weight is 502 g/mol. The zero-order valence-corrected chi connectivity index (χ0v) is 22.0. The largest absolute Gasteiger partial charge is 0.294 e. The number of hydrogen-bond acceptors (Lipinski definition) is 1. The van der Waals surface area contributed by atoms with Crippen LogP contribution in [0.1, 0.15) is 120 Å². The number of rotatable bonds is 8. The van der Waals surface area contributed by atoms with Gasteiger partial charge in [0, 0.05) is 15.8 Å². The Morgan fingerprint density at radius 2 is 1.44 bits per heavy atom. The fraction of sp³-hybridized carbons (Fsp3) is 0.767. The van der Waals surface area contributed by atoms with E-state index < -0.39 is 0 Å². The van der Waals surface area contributed by atoms with Crippen LogP contribution in [0, 0.1) is 29.1 Å². The van der Waals surface area contributed by atoms with Gasteiger partial charge in [0.1, 0.15) is 0 Å². The van der Waals surface area contributed by atoms with E-state index in [4.69, 9.17) is 0 Å². The summed E-state index contributed by atoms with van der Waals surface area (Å²) >= 11 is 3.84. The van der Waals surface area contributed by atoms with Crippen LogP contribution < -0.4 is 0 Å². The number of carbonyl (C=O) groups is 1. The molecule has 0 aromatic heterocycles. The predicted octanol–water partition coefficient (Wildman–Crippen LogP) is 9.39. The number of benzene rings is 1. The predicted molar refractivity (Wildman–Crippen MR) is 139 cm³/mol. The molecule has 0 saturated heterocycles. The van der Waals surface area contributed by atoms with Crippen LogP contribution in [0.25, 0.3) is 0 Å². The van der Waals surface area contributed by atoms with Crippen molar-refractivity contribution < 1.29 is 4.79 Å². The minimum atomic E-state index is -0.104. The molecule has 178 valence electrons. The molecular weight excluding hydrogens is 456 g/mol. The molecule has 32 heavy (non-hydrogen) atoms. The van der Waals surface area contributed by atoms with E-state index in [0.717, 1.165) is 49.0 Å². The first-order valence-corrected chi connectivity index (χ1v) is 14.8. The van der Waals surface area contributed by atoms with E-state index in [0.29, 0.717) is 16.5 Å². The lowest BCUT2D eigenvalue weighted by Gasteiger charge is -2.47. The number of halogens is 1. The zero-order valence-electron chi connectivity index (χ0n) is 20.4. The second-order valence-corrected chi connectivity index (χ2v) is 12.7. The molecular formula is C30H45BrO. The van der Waals surface area contributed by atoms with Gasteiger partial charge in [-0.05, 0) is 87.9 Å². The van der Waals surface area contributed by atoms with Crippen molar-refractivity contribution >= 4 is 21.7 Å². The SMILES string of the molecule is CCCCCC1CCC(C2CCC(C3(C(=O)c4ccccc4)CCC(Br)CC3)CC2)CC1. The number of ketones is 1. The second kappa shape index (κ2) is 11.7. The summed E-state index contributed by atoms with van der Waals surface area (Å²) in [6.07, 6.45) is 21.4. The highest BCUT2D eigenvalue weighted by atomic mass is 79.9. The van der Waals surface area contributed by atoms with Crippen LogP contribution in [0.4, 0.5) is 0 Å². The fourth-order valence-corrected chi connectivity index (χ4v) is 8.03. The number of hydrogen-bond donors (Lipinski definition) is 0. The van der Waals surface area contributed by atoms with Gasteiger partial charge in [-0.3, -0.25) is 4.79 Å². The maximum Gasteiger partial charge on any atom is 0.169 e. The van der Waals surface area contributed by atoms with Gasteiger partial charge in [0.25, 0.3) is 0 Å². The van der Waals surface area contributed by atoms with Gasteiger partial charge in [-0.15, -0.1) is 0 Å². The van der Waals surface area contributed by atoms with Crippen LogP contribution in [-0.2, 0) is 0 Å². The topological polar surface area (TPSA) is 17.1 Å². The van der Waals surface area contributed by atoms with Crippen molar-refractivity contribution in [1.82, 2.24) is 0 Å². The Balaban J connectivity index is 1.35. The Kier molecular flexibility index (Phi) is 8.94. The van der Waals surface area contributed by atoms with Gasteiger partial charge < -0.3 is 0 Å². The fourth-order valence-electron chi connectivity index (χ4n) is 7.57. The number of carbonyl (C=O) groups excluding carboxylic acids is 1. The van der Waals surface area contributed by atoms with Crippen molar-refractivity contribution in [2.24, 2.45) is 29.1 Å². The van der Waals surface area contributed by atoms with Gasteiger partial charge >= 0.3 is 0 Å². The van der Waals surface area contributed by atoms with Gasteiger partial charge in [0.05, 0.1) is 0 Å². The molecule has 0 N–H and O–H groups in total. The van der Waals surface area contributed by atoms with E-state index >= 15 is 0 Å². The van der Waals surface area contributed by atoms with Crippen molar-refractivity contribution in [2.45, 2.75) is 114 Å². The standard InChI is InChI=1S/C30H45BrO/c1-2-3-5-8-23-11-13-24(14-12-23)25-15-17-27(18-16-25)30(21-19-28(31)20-22-30)29(32)26-9-6-4-7-10-26/h4,6-7,9-10,23-25,27-28H,2-3,5,8,11-22H2,1H3. The van der Waals surface area contributed by atoms with Gasteiger partial charge in [0.2, 0.25) is 0 Å². The highest BCUT2D eigenvalue weighted by Gasteiger charge is 2.48. The van der Waals surface area contributed by atoms with Crippen molar-refractivity contribution in [2.75, 3.05) is 0 Å². The van der Waals surface area contributed by atoms with Crippen LogP contribution in [0.15, 0.2) is 30.3 Å². The first-order valence-electron chi connectivity index (χ1n) is 13.9. The molecule has 1 aromatic carbocycles. The molecule has 4 rings (SSSR count). The Morgan fingerprint density at radius 3 is 2.03 bits per heavy atom. The summed E-state index contributed by atoms with van der Waals surface area (Å²) < 4.78 is 0. The van der Waals surface area contributed by atoms with E-state index in [1.807, 2.05) is 18.2 Å². The number of Topliss-reactive ketones (excluding diaryl/α,β-unsaturated/α-hetero) is 1. The van der Waals surface area contributed by atoms with E-state index in [-0.39, 0.29) is 5.41 Å². The first kappa shape index (κ1) is 24.5. The van der Waals surface area contributed by atoms with Crippen LogP contribution >= 0.6 is 15.9 Å². The van der Waals surface area contributed by atoms with Gasteiger partial charge in [0.15, 0.2) is 5.78 Å². The number of unbranched alkanes of at least 4 members (excludes halogenated alkanes) is 2. The maximum atomic E-state index is 13.8. The summed E-state index contributed by atoms with van der Waals surface area (Å²) in [6, 6.07) is 10.2. The van der Waals surface area contributed by atoms with Crippen molar-refractivity contribution in [3.8, 4) is 0 Å². The summed E-state index contributed by atoms with van der Waals surface area (Å²) in [6.45, 7) is 2.32. The molecule has 3 saturated carbocycles. The molecule has 0 radical (unpaired) electrons. The lowest BCUT2D eigenvalue weighted by Crippen LogP contribution is -2.44. The van der Waals surface area contributed by atoms with Gasteiger partial charge in [-0.1, -0.05) is 91.7 Å². The van der Waals surface area contributed by atoms with E-state index in [2.05, 4.69) is 35.0 Å². The number of alkyl halides is 1. The first-order chi connectivity index (χ1) is 15.6. The Morgan fingerprint density at radius 1 is 0.844 bits per heavy atom. The third-order valence-corrected chi connectivity index (χ3v) is 10.5. The average Bonchev–Trinajstić information content (AvgIpc) is 2.86. The lowest BCUT2D eigenvalue weighted by atomic mass is 9.56. The van der Waals surface area contributed by atoms with Crippen LogP contribution in [0.5, 0.6) is 0 Å². The lowest BCUT2D eigenvalue weighted by molar-refractivity contribution is 0.0333. The van der Waals surface area contributed by atoms with Crippen LogP contribution in [-0.4, -0.2) is 10.6 Å². The van der Waals surface area contributed by atoms with E-state index in [1.54, 1.807) is 0 Å². The molecule has 0 aliphatic heterocycles. The molecule has 3 fully saturated rings. The summed E-state index contributed by atoms with van der Waals surface area (Å²) in [5, 5.41) is 0. The minimum Gasteiger partial charge on any atom is -0.294 e. The third-order valence-electron chi connectivity index (χ3n) is 9.62. The summed E-state index contributed by atoms with van der Waals surface area (Å²) in [5.74, 6) is 3.96. The molecule has 1 aromatic rings. The van der Waals surface area contributed by atoms with Crippen molar-refractivity contribution in [3.05, 3.63) is 35.9 Å². The molecule has 0 unspecified atom stereocenters. The van der Waals surface area contributed by atoms with Crippen LogP contribution in [0.3, 0.4) is 0 Å². The molecule has 0 bridgehead atoms. The van der Waals surface area contributed by atoms with Gasteiger partial charge in [-0.25, -0.2) is 0 Å². The molecule has 0 heterocycles. The monoisotopic (exact) mass is 500 g/mol. The summed E-state index contributed by atoms with van der Waals surface area (Å²) in [7, 11) is 0. The molecule has 2 heteroatoms. The van der Waals surface area contributed by atoms with Crippen LogP contribution in [0.2, 0.25) is 0 Å². The Hall–Kier alpha value is -0.630. The molecule has 1 nitrogen and oxygen atoms in total. The molecule has 3 aliphatic rings. The Labute approximate surface area is 205 Å². The van der Waals surface area contributed by atoms with E-state index in [9.17, 15) is 4.79 Å². The maximum absolute atomic E-state index is 13.8. The van der Waals surface area contributed by atoms with Crippen molar-refractivity contribution in [1.29, 1.82) is 0 Å². The third kappa shape index (κ3) is 5.70. The molecule has 0 atom stereocenters. The summed E-state index contributed by atoms with van der Waals surface area (Å²) in [4.78, 5) is 14.4. The van der Waals surface area contributed by atoms with E-state index in [1.165, 1.54) is 77.0 Å². The second-order valence-electron chi connectivity index (χ2n) is 11.4. The quantitative estimate of drug-likeness (QED) is 0.197. The molecule has 0 amide bonds. The smallest absolute Gasteiger partial charge is 0.169 e.